The summed E-state index contributed by atoms with van der Waals surface area (Å²) in [4.78, 5) is 11.2. The molecule has 0 radical (unpaired) electrons. The van der Waals surface area contributed by atoms with Crippen LogP contribution < -0.4 is 10.6 Å². The zero-order chi connectivity index (χ0) is 11.4. The van der Waals surface area contributed by atoms with Gasteiger partial charge in [-0.2, -0.15) is 0 Å². The normalized spacial score (nSPS) is 9.93. The molecule has 0 heterocycles. The van der Waals surface area contributed by atoms with Crippen molar-refractivity contribution < 1.29 is 9.53 Å². The molecule has 4 heteroatoms. The summed E-state index contributed by atoms with van der Waals surface area (Å²) in [7, 11) is 0. The summed E-state index contributed by atoms with van der Waals surface area (Å²) in [5, 5.41) is 5.97. The second kappa shape index (κ2) is 11.2. The molecule has 0 aliphatic heterocycles. The molecular formula is C11H22N2O2. The highest BCUT2D eigenvalue weighted by molar-refractivity contribution is 5.75. The molecule has 88 valence electrons. The molecule has 15 heavy (non-hydrogen) atoms. The number of hydrogen-bond donors (Lipinski definition) is 2. The zero-order valence-electron chi connectivity index (χ0n) is 9.55. The molecule has 0 bridgehead atoms. The van der Waals surface area contributed by atoms with E-state index in [0.29, 0.717) is 26.2 Å². The molecule has 2 N–H and O–H groups in total. The van der Waals surface area contributed by atoms with E-state index in [1.807, 2.05) is 6.92 Å². The van der Waals surface area contributed by atoms with Gasteiger partial charge in [0.25, 0.3) is 0 Å². The molecule has 0 aromatic rings. The summed E-state index contributed by atoms with van der Waals surface area (Å²) >= 11 is 0. The highest BCUT2D eigenvalue weighted by Crippen LogP contribution is 1.90. The van der Waals surface area contributed by atoms with Crippen molar-refractivity contribution in [2.75, 3.05) is 32.8 Å². The lowest BCUT2D eigenvalue weighted by Gasteiger charge is -2.05. The average Bonchev–Trinajstić information content (AvgIpc) is 2.24. The Morgan fingerprint density at radius 3 is 2.93 bits per heavy atom. The average molecular weight is 214 g/mol. The Bertz CT molecular complexity index is 172. The monoisotopic (exact) mass is 214 g/mol. The molecule has 0 aromatic heterocycles. The topological polar surface area (TPSA) is 50.4 Å². The lowest BCUT2D eigenvalue weighted by atomic mass is 10.3. The fourth-order valence-electron chi connectivity index (χ4n) is 1.06. The second-order valence-corrected chi connectivity index (χ2v) is 3.17. The van der Waals surface area contributed by atoms with Gasteiger partial charge in [0.05, 0.1) is 6.61 Å². The van der Waals surface area contributed by atoms with Crippen LogP contribution >= 0.6 is 0 Å². The third-order valence-corrected chi connectivity index (χ3v) is 1.80. The lowest BCUT2D eigenvalue weighted by molar-refractivity contribution is -0.121. The van der Waals surface area contributed by atoms with Crippen molar-refractivity contribution in [2.45, 2.75) is 19.8 Å². The Kier molecular flexibility index (Phi) is 10.6. The van der Waals surface area contributed by atoms with Gasteiger partial charge in [0.2, 0.25) is 5.91 Å². The molecule has 0 atom stereocenters. The molecule has 0 spiro atoms. The first-order chi connectivity index (χ1) is 7.31. The highest BCUT2D eigenvalue weighted by atomic mass is 16.5. The first-order valence-corrected chi connectivity index (χ1v) is 5.47. The maximum absolute atomic E-state index is 11.2. The molecule has 0 unspecified atom stereocenters. The molecule has 0 rings (SSSR count). The maximum Gasteiger partial charge on any atom is 0.220 e. The molecule has 0 aliphatic rings. The number of likely N-dealkylation sites (N-methyl/N-ethyl adjacent to an activating group) is 1. The maximum atomic E-state index is 11.2. The van der Waals surface area contributed by atoms with Crippen LogP contribution in [0.2, 0.25) is 0 Å². The predicted octanol–water partition coefficient (Wildman–Crippen LogP) is 0.695. The first kappa shape index (κ1) is 14.1. The molecule has 0 aromatic carbocycles. The van der Waals surface area contributed by atoms with Gasteiger partial charge in [0.15, 0.2) is 0 Å². The van der Waals surface area contributed by atoms with Gasteiger partial charge in [-0.25, -0.2) is 0 Å². The van der Waals surface area contributed by atoms with E-state index in [2.05, 4.69) is 17.2 Å². The third-order valence-electron chi connectivity index (χ3n) is 1.80. The van der Waals surface area contributed by atoms with Gasteiger partial charge < -0.3 is 15.4 Å². The van der Waals surface area contributed by atoms with Crippen LogP contribution in [0.4, 0.5) is 0 Å². The number of ether oxygens (including phenoxy) is 1. The van der Waals surface area contributed by atoms with E-state index in [1.54, 1.807) is 6.08 Å². The van der Waals surface area contributed by atoms with E-state index < -0.39 is 0 Å². The number of hydrogen-bond acceptors (Lipinski definition) is 3. The van der Waals surface area contributed by atoms with Crippen molar-refractivity contribution in [1.82, 2.24) is 10.6 Å². The minimum atomic E-state index is 0.0927. The Labute approximate surface area is 92.1 Å². The van der Waals surface area contributed by atoms with Crippen LogP contribution in [0.5, 0.6) is 0 Å². The van der Waals surface area contributed by atoms with Crippen LogP contribution in [0.3, 0.4) is 0 Å². The predicted molar refractivity (Wildman–Crippen MR) is 61.8 cm³/mol. The van der Waals surface area contributed by atoms with Crippen molar-refractivity contribution in [2.24, 2.45) is 0 Å². The van der Waals surface area contributed by atoms with Crippen molar-refractivity contribution >= 4 is 5.91 Å². The molecule has 0 fully saturated rings. The highest BCUT2D eigenvalue weighted by Gasteiger charge is 1.99. The van der Waals surface area contributed by atoms with Gasteiger partial charge in [-0.1, -0.05) is 13.0 Å². The minimum Gasteiger partial charge on any atom is -0.377 e. The van der Waals surface area contributed by atoms with Crippen molar-refractivity contribution in [3.05, 3.63) is 12.7 Å². The molecule has 0 saturated heterocycles. The van der Waals surface area contributed by atoms with E-state index in [1.165, 1.54) is 0 Å². The second-order valence-electron chi connectivity index (χ2n) is 3.17. The molecule has 0 aliphatic carbocycles. The molecule has 1 amide bonds. The van der Waals surface area contributed by atoms with Crippen molar-refractivity contribution in [3.63, 3.8) is 0 Å². The van der Waals surface area contributed by atoms with Crippen LogP contribution in [0.1, 0.15) is 19.8 Å². The van der Waals surface area contributed by atoms with Gasteiger partial charge >= 0.3 is 0 Å². The number of nitrogens with one attached hydrogen (secondary N) is 2. The summed E-state index contributed by atoms with van der Waals surface area (Å²) in [6.07, 6.45) is 3.00. The van der Waals surface area contributed by atoms with E-state index in [4.69, 9.17) is 4.74 Å². The Hall–Kier alpha value is -0.870. The summed E-state index contributed by atoms with van der Waals surface area (Å²) < 4.78 is 5.17. The summed E-state index contributed by atoms with van der Waals surface area (Å²) in [5.41, 5.74) is 0. The number of carbonyl (C=O) groups excluding carboxylic acids is 1. The molecular weight excluding hydrogens is 192 g/mol. The fraction of sp³-hybridized carbons (Fsp3) is 0.727. The first-order valence-electron chi connectivity index (χ1n) is 5.47. The molecule has 0 saturated carbocycles. The van der Waals surface area contributed by atoms with E-state index >= 15 is 0 Å². The van der Waals surface area contributed by atoms with Gasteiger partial charge in [-0.15, -0.1) is 6.58 Å². The van der Waals surface area contributed by atoms with Crippen molar-refractivity contribution in [3.8, 4) is 0 Å². The Balaban J connectivity index is 3.15. The van der Waals surface area contributed by atoms with E-state index in [9.17, 15) is 4.79 Å². The smallest absolute Gasteiger partial charge is 0.220 e. The van der Waals surface area contributed by atoms with E-state index in [0.717, 1.165) is 19.5 Å². The standard InChI is InChI=1S/C11H22N2O2/c1-3-9-15-10-5-6-11(14)13-8-7-12-4-2/h3,12H,1,4-10H2,2H3,(H,13,14). The summed E-state index contributed by atoms with van der Waals surface area (Å²) in [6, 6.07) is 0. The quantitative estimate of drug-likeness (QED) is 0.415. The SMILES string of the molecule is C=CCOCCCC(=O)NCCNCC. The van der Waals surface area contributed by atoms with Crippen LogP contribution in [-0.2, 0) is 9.53 Å². The molecule has 4 nitrogen and oxygen atoms in total. The summed E-state index contributed by atoms with van der Waals surface area (Å²) in [6.45, 7) is 9.21. The Morgan fingerprint density at radius 1 is 1.47 bits per heavy atom. The fourth-order valence-corrected chi connectivity index (χ4v) is 1.06. The van der Waals surface area contributed by atoms with Crippen LogP contribution in [0, 0.1) is 0 Å². The van der Waals surface area contributed by atoms with E-state index in [-0.39, 0.29) is 5.91 Å². The van der Waals surface area contributed by atoms with Crippen LogP contribution in [-0.4, -0.2) is 38.8 Å². The number of rotatable bonds is 10. The van der Waals surface area contributed by atoms with Crippen molar-refractivity contribution in [1.29, 1.82) is 0 Å². The van der Waals surface area contributed by atoms with Gasteiger partial charge in [0.1, 0.15) is 0 Å². The third kappa shape index (κ3) is 11.1. The zero-order valence-corrected chi connectivity index (χ0v) is 9.55. The van der Waals surface area contributed by atoms with Gasteiger partial charge in [0, 0.05) is 26.1 Å². The Morgan fingerprint density at radius 2 is 2.27 bits per heavy atom. The largest absolute Gasteiger partial charge is 0.377 e. The van der Waals surface area contributed by atoms with Crippen LogP contribution in [0.15, 0.2) is 12.7 Å². The lowest BCUT2D eigenvalue weighted by Crippen LogP contribution is -2.31. The van der Waals surface area contributed by atoms with Crippen LogP contribution in [0.25, 0.3) is 0 Å². The number of carbonyl (C=O) groups is 1. The summed E-state index contributed by atoms with van der Waals surface area (Å²) in [5.74, 6) is 0.0927. The van der Waals surface area contributed by atoms with Gasteiger partial charge in [-0.05, 0) is 13.0 Å². The number of amides is 1. The van der Waals surface area contributed by atoms with Gasteiger partial charge in [-0.3, -0.25) is 4.79 Å². The minimum absolute atomic E-state index is 0.0927.